The first-order chi connectivity index (χ1) is 15.1. The van der Waals surface area contributed by atoms with E-state index in [2.05, 4.69) is 30.0 Å². The van der Waals surface area contributed by atoms with Crippen LogP contribution in [0.5, 0.6) is 17.2 Å². The number of hydrogen-bond acceptors (Lipinski definition) is 4. The molecule has 0 bridgehead atoms. The fourth-order valence-electron chi connectivity index (χ4n) is 5.63. The Morgan fingerprint density at radius 3 is 2.61 bits per heavy atom. The van der Waals surface area contributed by atoms with Crippen LogP contribution in [0.4, 0.5) is 0 Å². The van der Waals surface area contributed by atoms with Crippen molar-refractivity contribution in [3.8, 4) is 17.2 Å². The zero-order valence-electron chi connectivity index (χ0n) is 18.5. The summed E-state index contributed by atoms with van der Waals surface area (Å²) in [5, 5.41) is 0. The van der Waals surface area contributed by atoms with E-state index >= 15 is 0 Å². The Hall–Kier alpha value is -2.69. The zero-order chi connectivity index (χ0) is 21.4. The van der Waals surface area contributed by atoms with Crippen molar-refractivity contribution in [3.05, 3.63) is 53.1 Å². The summed E-state index contributed by atoms with van der Waals surface area (Å²) in [4.78, 5) is 15.5. The summed E-state index contributed by atoms with van der Waals surface area (Å²) in [7, 11) is 1.67. The van der Waals surface area contributed by atoms with Crippen LogP contribution in [-0.2, 0) is 16.6 Å². The molecule has 1 fully saturated rings. The zero-order valence-corrected chi connectivity index (χ0v) is 18.5. The second kappa shape index (κ2) is 8.10. The number of ether oxygens (including phenoxy) is 3. The van der Waals surface area contributed by atoms with Crippen molar-refractivity contribution in [2.75, 3.05) is 26.9 Å². The number of rotatable bonds is 4. The average molecular weight is 422 g/mol. The predicted molar refractivity (Wildman–Crippen MR) is 119 cm³/mol. The van der Waals surface area contributed by atoms with Crippen molar-refractivity contribution >= 4 is 5.91 Å². The molecule has 5 rings (SSSR count). The lowest BCUT2D eigenvalue weighted by Crippen LogP contribution is -2.48. The number of carbonyl (C=O) groups is 1. The number of hydrogen-bond donors (Lipinski definition) is 0. The topological polar surface area (TPSA) is 48.0 Å². The number of nitrogens with zero attached hydrogens (tertiary/aromatic N) is 1. The van der Waals surface area contributed by atoms with Crippen LogP contribution in [0.25, 0.3) is 0 Å². The lowest BCUT2D eigenvalue weighted by molar-refractivity contribution is -0.135. The Balaban J connectivity index is 1.42. The van der Waals surface area contributed by atoms with Crippen LogP contribution in [0.3, 0.4) is 0 Å². The summed E-state index contributed by atoms with van der Waals surface area (Å²) < 4.78 is 17.1. The van der Waals surface area contributed by atoms with Gasteiger partial charge in [0, 0.05) is 18.4 Å². The Kier molecular flexibility index (Phi) is 5.28. The van der Waals surface area contributed by atoms with Gasteiger partial charge in [-0.25, -0.2) is 0 Å². The highest BCUT2D eigenvalue weighted by Gasteiger charge is 2.46. The van der Waals surface area contributed by atoms with Gasteiger partial charge in [-0.2, -0.15) is 0 Å². The Morgan fingerprint density at radius 2 is 1.87 bits per heavy atom. The Morgan fingerprint density at radius 1 is 1.13 bits per heavy atom. The first kappa shape index (κ1) is 20.2. The molecule has 1 spiro atoms. The molecule has 0 saturated heterocycles. The second-order valence-corrected chi connectivity index (χ2v) is 9.12. The predicted octanol–water partition coefficient (Wildman–Crippen LogP) is 4.81. The summed E-state index contributed by atoms with van der Waals surface area (Å²) in [6, 6.07) is 12.4. The molecule has 1 unspecified atom stereocenters. The Bertz CT molecular complexity index is 979. The van der Waals surface area contributed by atoms with Gasteiger partial charge < -0.3 is 19.1 Å². The summed E-state index contributed by atoms with van der Waals surface area (Å²) in [6.45, 7) is 4.13. The highest BCUT2D eigenvalue weighted by atomic mass is 16.6. The molecule has 2 aromatic carbocycles. The first-order valence-corrected chi connectivity index (χ1v) is 11.5. The molecule has 2 aromatic rings. The van der Waals surface area contributed by atoms with E-state index in [1.165, 1.54) is 24.0 Å². The maximum atomic E-state index is 13.4. The number of aryl methyl sites for hydroxylation is 1. The molecule has 1 amide bonds. The van der Waals surface area contributed by atoms with E-state index in [0.29, 0.717) is 19.6 Å². The second-order valence-electron chi connectivity index (χ2n) is 9.12. The van der Waals surface area contributed by atoms with Crippen molar-refractivity contribution in [2.24, 2.45) is 0 Å². The van der Waals surface area contributed by atoms with Gasteiger partial charge in [-0.05, 0) is 67.1 Å². The molecule has 1 atom stereocenters. The molecular weight excluding hydrogens is 390 g/mol. The van der Waals surface area contributed by atoms with Crippen LogP contribution in [0.1, 0.15) is 61.8 Å². The molecule has 2 heterocycles. The standard InChI is InChI=1S/C26H31NO4/c1-18-21-15-23-24(31-13-12-30-23)16-22(21)26(10-3-4-11-26)17-27(18)25(28)9-8-19-6-5-7-20(14-19)29-2/h5-7,14-16,18H,3-4,8-13,17H2,1-2H3. The number of fused-ring (bicyclic) bond motifs is 3. The molecule has 0 aromatic heterocycles. The third kappa shape index (κ3) is 3.64. The SMILES string of the molecule is COc1cccc(CCC(=O)N2CC3(CCCC3)c3cc4c(cc3C2C)OCCO4)c1. The van der Waals surface area contributed by atoms with Crippen molar-refractivity contribution in [1.82, 2.24) is 4.90 Å². The molecule has 0 N–H and O–H groups in total. The normalized spacial score (nSPS) is 21.1. The highest BCUT2D eigenvalue weighted by Crippen LogP contribution is 2.52. The van der Waals surface area contributed by atoms with E-state index < -0.39 is 0 Å². The third-order valence-corrected chi connectivity index (χ3v) is 7.32. The monoisotopic (exact) mass is 421 g/mol. The van der Waals surface area contributed by atoms with Crippen molar-refractivity contribution < 1.29 is 19.0 Å². The minimum absolute atomic E-state index is 0.0369. The summed E-state index contributed by atoms with van der Waals surface area (Å²) in [5.74, 6) is 2.74. The molecule has 164 valence electrons. The van der Waals surface area contributed by atoms with Gasteiger partial charge in [-0.15, -0.1) is 0 Å². The van der Waals surface area contributed by atoms with Gasteiger partial charge in [0.25, 0.3) is 0 Å². The fourth-order valence-corrected chi connectivity index (χ4v) is 5.63. The van der Waals surface area contributed by atoms with Gasteiger partial charge in [0.1, 0.15) is 19.0 Å². The first-order valence-electron chi connectivity index (χ1n) is 11.5. The average Bonchev–Trinajstić information content (AvgIpc) is 3.28. The van der Waals surface area contributed by atoms with E-state index in [-0.39, 0.29) is 17.4 Å². The van der Waals surface area contributed by atoms with E-state index in [1.54, 1.807) is 7.11 Å². The lowest BCUT2D eigenvalue weighted by Gasteiger charge is -2.46. The number of amides is 1. The van der Waals surface area contributed by atoms with Crippen LogP contribution in [0.2, 0.25) is 0 Å². The van der Waals surface area contributed by atoms with E-state index in [9.17, 15) is 4.79 Å². The van der Waals surface area contributed by atoms with Gasteiger partial charge in [0.15, 0.2) is 11.5 Å². The molecule has 2 aliphatic heterocycles. The number of carbonyl (C=O) groups excluding carboxylic acids is 1. The van der Waals surface area contributed by atoms with Crippen LogP contribution < -0.4 is 14.2 Å². The summed E-state index contributed by atoms with van der Waals surface area (Å²) in [6.07, 6.45) is 5.92. The quantitative estimate of drug-likeness (QED) is 0.711. The van der Waals surface area contributed by atoms with Crippen LogP contribution in [0, 0.1) is 0 Å². The minimum atomic E-state index is 0.0369. The molecule has 1 saturated carbocycles. The van der Waals surface area contributed by atoms with Crippen LogP contribution in [-0.4, -0.2) is 37.7 Å². The molecule has 3 aliphatic rings. The maximum absolute atomic E-state index is 13.4. The van der Waals surface area contributed by atoms with Crippen molar-refractivity contribution in [2.45, 2.75) is 56.9 Å². The van der Waals surface area contributed by atoms with Crippen molar-refractivity contribution in [3.63, 3.8) is 0 Å². The molecule has 5 nitrogen and oxygen atoms in total. The molecule has 5 heteroatoms. The molecule has 1 aliphatic carbocycles. The van der Waals surface area contributed by atoms with Gasteiger partial charge in [-0.1, -0.05) is 25.0 Å². The Labute approximate surface area is 184 Å². The lowest BCUT2D eigenvalue weighted by atomic mass is 9.71. The smallest absolute Gasteiger partial charge is 0.223 e. The third-order valence-electron chi connectivity index (χ3n) is 7.32. The summed E-state index contributed by atoms with van der Waals surface area (Å²) in [5.41, 5.74) is 3.78. The van der Waals surface area contributed by atoms with E-state index in [0.717, 1.165) is 48.6 Å². The van der Waals surface area contributed by atoms with Gasteiger partial charge in [-0.3, -0.25) is 4.79 Å². The maximum Gasteiger partial charge on any atom is 0.223 e. The van der Waals surface area contributed by atoms with Crippen LogP contribution in [0.15, 0.2) is 36.4 Å². The minimum Gasteiger partial charge on any atom is -0.497 e. The van der Waals surface area contributed by atoms with E-state index in [1.807, 2.05) is 18.2 Å². The fraction of sp³-hybridized carbons (Fsp3) is 0.500. The van der Waals surface area contributed by atoms with Gasteiger partial charge in [0.05, 0.1) is 13.2 Å². The van der Waals surface area contributed by atoms with Gasteiger partial charge in [0.2, 0.25) is 5.91 Å². The highest BCUT2D eigenvalue weighted by molar-refractivity contribution is 5.78. The largest absolute Gasteiger partial charge is 0.497 e. The van der Waals surface area contributed by atoms with Gasteiger partial charge >= 0.3 is 0 Å². The number of methoxy groups -OCH3 is 1. The van der Waals surface area contributed by atoms with Crippen molar-refractivity contribution in [1.29, 1.82) is 0 Å². The summed E-state index contributed by atoms with van der Waals surface area (Å²) >= 11 is 0. The van der Waals surface area contributed by atoms with E-state index in [4.69, 9.17) is 14.2 Å². The molecule has 0 radical (unpaired) electrons. The van der Waals surface area contributed by atoms with Crippen LogP contribution >= 0.6 is 0 Å². The molecule has 31 heavy (non-hydrogen) atoms. The molecular formula is C26H31NO4. The number of benzene rings is 2.